The van der Waals surface area contributed by atoms with E-state index in [0.29, 0.717) is 24.7 Å². The van der Waals surface area contributed by atoms with Crippen LogP contribution in [0.2, 0.25) is 0 Å². The number of nitrogens with zero attached hydrogens (tertiary/aromatic N) is 1. The van der Waals surface area contributed by atoms with Crippen LogP contribution in [-0.4, -0.2) is 23.9 Å². The lowest BCUT2D eigenvalue weighted by atomic mass is 9.78. The third kappa shape index (κ3) is 2.55. The van der Waals surface area contributed by atoms with E-state index in [1.165, 1.54) is 12.8 Å². The first-order valence-electron chi connectivity index (χ1n) is 7.53. The molecule has 102 valence electrons. The van der Waals surface area contributed by atoms with Gasteiger partial charge in [0.15, 0.2) is 0 Å². The van der Waals surface area contributed by atoms with Crippen molar-refractivity contribution in [2.75, 3.05) is 0 Å². The smallest absolute Gasteiger partial charge is 0.0971 e. The molecule has 0 aromatic heterocycles. The molecule has 0 amide bonds. The summed E-state index contributed by atoms with van der Waals surface area (Å²) in [7, 11) is 0. The van der Waals surface area contributed by atoms with E-state index < -0.39 is 0 Å². The van der Waals surface area contributed by atoms with Crippen LogP contribution in [-0.2, 0) is 9.47 Å². The minimum atomic E-state index is 0.0291. The van der Waals surface area contributed by atoms with Crippen molar-refractivity contribution in [3.63, 3.8) is 0 Å². The maximum Gasteiger partial charge on any atom is 0.0971 e. The fraction of sp³-hybridized carbons (Fsp3) is 0.933. The van der Waals surface area contributed by atoms with E-state index in [4.69, 9.17) is 14.7 Å². The Balaban J connectivity index is 0.000000574. The number of hydrogen-bond donors (Lipinski definition) is 0. The van der Waals surface area contributed by atoms with Gasteiger partial charge in [0.05, 0.1) is 30.0 Å². The molecule has 3 fully saturated rings. The average Bonchev–Trinajstić information content (AvgIpc) is 2.67. The van der Waals surface area contributed by atoms with Crippen LogP contribution in [0.25, 0.3) is 0 Å². The van der Waals surface area contributed by atoms with Crippen LogP contribution in [0.15, 0.2) is 0 Å². The number of nitriles is 1. The molecule has 2 bridgehead atoms. The van der Waals surface area contributed by atoms with Gasteiger partial charge < -0.3 is 9.47 Å². The van der Waals surface area contributed by atoms with Gasteiger partial charge in [0, 0.05) is 12.8 Å². The fourth-order valence-electron chi connectivity index (χ4n) is 3.65. The van der Waals surface area contributed by atoms with Crippen LogP contribution < -0.4 is 0 Å². The lowest BCUT2D eigenvalue weighted by molar-refractivity contribution is -0.166. The van der Waals surface area contributed by atoms with Crippen molar-refractivity contribution in [3.05, 3.63) is 0 Å². The van der Waals surface area contributed by atoms with Crippen LogP contribution in [0.1, 0.15) is 65.2 Å². The Bertz CT molecular complexity index is 312. The van der Waals surface area contributed by atoms with E-state index in [1.807, 2.05) is 13.8 Å². The summed E-state index contributed by atoms with van der Waals surface area (Å²) in [6.45, 7) is 4.00. The summed E-state index contributed by atoms with van der Waals surface area (Å²) in [5.74, 6) is 0. The van der Waals surface area contributed by atoms with E-state index in [-0.39, 0.29) is 5.60 Å². The number of fused-ring (bicyclic) bond motifs is 1. The highest BCUT2D eigenvalue weighted by Gasteiger charge is 2.54. The van der Waals surface area contributed by atoms with E-state index in [2.05, 4.69) is 6.07 Å². The highest BCUT2D eigenvalue weighted by Crippen LogP contribution is 2.49. The van der Waals surface area contributed by atoms with Crippen LogP contribution in [0, 0.1) is 11.3 Å². The second-order valence-electron chi connectivity index (χ2n) is 5.42. The summed E-state index contributed by atoms with van der Waals surface area (Å²) >= 11 is 0. The van der Waals surface area contributed by atoms with Gasteiger partial charge in [0.25, 0.3) is 0 Å². The molecule has 0 unspecified atom stereocenters. The summed E-state index contributed by atoms with van der Waals surface area (Å²) in [6.07, 6.45) is 9.54. The molecule has 2 aliphatic heterocycles. The summed E-state index contributed by atoms with van der Waals surface area (Å²) < 4.78 is 12.3. The largest absolute Gasteiger partial charge is 0.372 e. The van der Waals surface area contributed by atoms with Crippen LogP contribution in [0.3, 0.4) is 0 Å². The average molecular weight is 251 g/mol. The predicted octanol–water partition coefficient (Wildman–Crippen LogP) is 3.58. The van der Waals surface area contributed by atoms with E-state index >= 15 is 0 Å². The van der Waals surface area contributed by atoms with Crippen molar-refractivity contribution in [3.8, 4) is 6.07 Å². The van der Waals surface area contributed by atoms with Gasteiger partial charge in [-0.25, -0.2) is 0 Å². The molecule has 3 aliphatic rings. The number of ether oxygens (including phenoxy) is 2. The molecule has 1 aliphatic carbocycles. The monoisotopic (exact) mass is 251 g/mol. The fourth-order valence-corrected chi connectivity index (χ4v) is 3.65. The zero-order chi connectivity index (χ0) is 13.0. The highest BCUT2D eigenvalue weighted by molar-refractivity contribution is 5.04. The van der Waals surface area contributed by atoms with E-state index in [1.54, 1.807) is 0 Å². The van der Waals surface area contributed by atoms with Crippen LogP contribution in [0.4, 0.5) is 0 Å². The summed E-state index contributed by atoms with van der Waals surface area (Å²) in [4.78, 5) is 0. The summed E-state index contributed by atoms with van der Waals surface area (Å²) in [6, 6.07) is 2.22. The predicted molar refractivity (Wildman–Crippen MR) is 70.2 cm³/mol. The molecular weight excluding hydrogens is 226 g/mol. The summed E-state index contributed by atoms with van der Waals surface area (Å²) in [5, 5.41) is 8.63. The third-order valence-electron chi connectivity index (χ3n) is 4.37. The van der Waals surface area contributed by atoms with Crippen molar-refractivity contribution < 1.29 is 9.47 Å². The Morgan fingerprint density at radius 3 is 2.89 bits per heavy atom. The van der Waals surface area contributed by atoms with E-state index in [0.717, 1.165) is 32.1 Å². The van der Waals surface area contributed by atoms with Crippen molar-refractivity contribution in [2.24, 2.45) is 0 Å². The van der Waals surface area contributed by atoms with Gasteiger partial charge in [-0.15, -0.1) is 0 Å². The minimum Gasteiger partial charge on any atom is -0.372 e. The lowest BCUT2D eigenvalue weighted by Gasteiger charge is -2.42. The molecule has 3 heteroatoms. The van der Waals surface area contributed by atoms with E-state index in [9.17, 15) is 0 Å². The molecule has 4 atom stereocenters. The van der Waals surface area contributed by atoms with Gasteiger partial charge in [0.2, 0.25) is 0 Å². The molecule has 3 rings (SSSR count). The Kier molecular flexibility index (Phi) is 4.64. The van der Waals surface area contributed by atoms with Gasteiger partial charge in [-0.1, -0.05) is 13.8 Å². The molecule has 18 heavy (non-hydrogen) atoms. The van der Waals surface area contributed by atoms with Crippen molar-refractivity contribution >= 4 is 0 Å². The second kappa shape index (κ2) is 6.04. The molecule has 1 saturated carbocycles. The van der Waals surface area contributed by atoms with Gasteiger partial charge in [-0.3, -0.25) is 0 Å². The van der Waals surface area contributed by atoms with Crippen molar-refractivity contribution in [2.45, 2.75) is 89.1 Å². The van der Waals surface area contributed by atoms with Crippen LogP contribution >= 0.6 is 0 Å². The maximum absolute atomic E-state index is 8.63. The Morgan fingerprint density at radius 2 is 2.11 bits per heavy atom. The first-order chi connectivity index (χ1) is 8.82. The molecule has 3 nitrogen and oxygen atoms in total. The maximum atomic E-state index is 8.63. The normalized spacial score (nSPS) is 41.3. The molecule has 0 radical (unpaired) electrons. The first kappa shape index (κ1) is 13.8. The number of hydrogen-bond acceptors (Lipinski definition) is 3. The molecular formula is C15H25NO2. The quantitative estimate of drug-likeness (QED) is 0.753. The Hall–Kier alpha value is -0.590. The highest BCUT2D eigenvalue weighted by atomic mass is 16.6. The first-order valence-corrected chi connectivity index (χ1v) is 7.53. The minimum absolute atomic E-state index is 0.0291. The number of rotatable bonds is 2. The molecule has 0 aromatic carbocycles. The van der Waals surface area contributed by atoms with Crippen molar-refractivity contribution in [1.82, 2.24) is 0 Å². The van der Waals surface area contributed by atoms with Gasteiger partial charge in [-0.05, 0) is 38.5 Å². The molecule has 0 aromatic rings. The SMILES string of the molecule is CC.N#CCC[C@H]1CC[C@@H]2O[C@H]3CCC[C@@]2(C3)O1. The van der Waals surface area contributed by atoms with Gasteiger partial charge in [-0.2, -0.15) is 5.26 Å². The molecule has 1 spiro atoms. The second-order valence-corrected chi connectivity index (χ2v) is 5.42. The van der Waals surface area contributed by atoms with Gasteiger partial charge >= 0.3 is 0 Å². The standard InChI is InChI=1S/C13H19NO2.C2H6/c14-8-2-4-10-5-6-12-13(16-10)7-1-3-11(9-13)15-12;1-2/h10-12H,1-7,9H2;1-2H3/t10-,11-,12-,13-;/m0./s1. The lowest BCUT2D eigenvalue weighted by Crippen LogP contribution is -2.48. The third-order valence-corrected chi connectivity index (χ3v) is 4.37. The Labute approximate surface area is 110 Å². The van der Waals surface area contributed by atoms with Crippen LogP contribution in [0.5, 0.6) is 0 Å². The molecule has 0 N–H and O–H groups in total. The topological polar surface area (TPSA) is 42.2 Å². The summed E-state index contributed by atoms with van der Waals surface area (Å²) in [5.41, 5.74) is 0.0291. The molecule has 2 heterocycles. The molecule has 2 saturated heterocycles. The van der Waals surface area contributed by atoms with Gasteiger partial charge in [0.1, 0.15) is 0 Å². The zero-order valence-corrected chi connectivity index (χ0v) is 11.7. The van der Waals surface area contributed by atoms with Crippen molar-refractivity contribution in [1.29, 1.82) is 5.26 Å². The zero-order valence-electron chi connectivity index (χ0n) is 11.7. The Morgan fingerprint density at radius 1 is 1.28 bits per heavy atom.